The third-order valence-electron chi connectivity index (χ3n) is 9.41. The van der Waals surface area contributed by atoms with Gasteiger partial charge in [0.25, 0.3) is 5.91 Å². The van der Waals surface area contributed by atoms with Gasteiger partial charge in [0.1, 0.15) is 24.1 Å². The molecule has 2 aliphatic rings. The highest BCUT2D eigenvalue weighted by Gasteiger charge is 2.56. The smallest absolute Gasteiger partial charge is 0.250 e. The van der Waals surface area contributed by atoms with Gasteiger partial charge in [-0.15, -0.1) is 0 Å². The Labute approximate surface area is 236 Å². The Hall–Kier alpha value is -0.759. The van der Waals surface area contributed by atoms with Crippen LogP contribution >= 0.6 is 0 Å². The Morgan fingerprint density at radius 2 is 1.29 bits per heavy atom. The minimum Gasteiger partial charge on any atom is -0.414 e. The van der Waals surface area contributed by atoms with Crippen LogP contribution in [0.3, 0.4) is 0 Å². The van der Waals surface area contributed by atoms with Crippen molar-refractivity contribution in [3.05, 3.63) is 24.7 Å². The normalized spacial score (nSPS) is 26.2. The molecule has 2 aliphatic heterocycles. The molecule has 0 aromatic heterocycles. The fourth-order valence-corrected chi connectivity index (χ4v) is 7.22. The number of carbonyl (C=O) groups excluding carboxylic acids is 1. The molecule has 0 radical (unpaired) electrons. The zero-order chi connectivity index (χ0) is 29.7. The van der Waals surface area contributed by atoms with Gasteiger partial charge in [-0.2, -0.15) is 0 Å². The molecule has 1 unspecified atom stereocenters. The maximum Gasteiger partial charge on any atom is 0.250 e. The second-order valence-corrected chi connectivity index (χ2v) is 29.8. The molecule has 0 aromatic carbocycles. The predicted molar refractivity (Wildman–Crippen MR) is 164 cm³/mol. The second kappa shape index (κ2) is 10.9. The summed E-state index contributed by atoms with van der Waals surface area (Å²) in [5, 5.41) is 2.91. The Kier molecular flexibility index (Phi) is 9.60. The Bertz CT molecular complexity index is 913. The van der Waals surface area contributed by atoms with E-state index in [9.17, 15) is 4.79 Å². The van der Waals surface area contributed by atoms with Gasteiger partial charge in [-0.05, 0) is 54.4 Å². The van der Waals surface area contributed by atoms with E-state index in [2.05, 4.69) is 113 Å². The highest BCUT2D eigenvalue weighted by Crippen LogP contribution is 2.45. The first-order valence-electron chi connectivity index (χ1n) is 13.9. The Morgan fingerprint density at radius 1 is 0.842 bits per heavy atom. The van der Waals surface area contributed by atoms with E-state index in [1.165, 1.54) is 6.08 Å². The average molecular weight is 585 g/mol. The van der Waals surface area contributed by atoms with Crippen LogP contribution in [-0.4, -0.2) is 66.9 Å². The van der Waals surface area contributed by atoms with E-state index in [4.69, 9.17) is 18.0 Å². The van der Waals surface area contributed by atoms with Crippen molar-refractivity contribution in [1.82, 2.24) is 10.2 Å². The summed E-state index contributed by atoms with van der Waals surface area (Å²) in [6, 6.07) is 0. The molecule has 220 valence electrons. The minimum atomic E-state index is -2.24. The topological polar surface area (TPSA) is 69.3 Å². The van der Waals surface area contributed by atoms with Crippen molar-refractivity contribution in [2.45, 2.75) is 141 Å². The molecule has 1 fully saturated rings. The van der Waals surface area contributed by atoms with Gasteiger partial charge in [-0.3, -0.25) is 4.79 Å². The number of hydrogen-bond donors (Lipinski definition) is 1. The Morgan fingerprint density at radius 3 is 1.71 bits per heavy atom. The first-order chi connectivity index (χ1) is 16.8. The van der Waals surface area contributed by atoms with Crippen LogP contribution in [0.1, 0.15) is 62.3 Å². The lowest BCUT2D eigenvalue weighted by molar-refractivity contribution is -0.118. The van der Waals surface area contributed by atoms with E-state index in [1.807, 2.05) is 4.90 Å². The number of carbonyl (C=O) groups is 1. The van der Waals surface area contributed by atoms with E-state index in [0.29, 0.717) is 12.4 Å². The van der Waals surface area contributed by atoms with Crippen LogP contribution < -0.4 is 5.32 Å². The van der Waals surface area contributed by atoms with Gasteiger partial charge >= 0.3 is 0 Å². The van der Waals surface area contributed by atoms with E-state index in [1.54, 1.807) is 6.20 Å². The molecule has 0 aromatic rings. The number of rotatable bonds is 8. The number of ether oxygens (including phenoxy) is 1. The molecule has 0 spiro atoms. The molecule has 2 heterocycles. The molecular weight excluding hydrogens is 529 g/mol. The third kappa shape index (κ3) is 7.30. The summed E-state index contributed by atoms with van der Waals surface area (Å²) in [4.78, 5) is 13.9. The van der Waals surface area contributed by atoms with Gasteiger partial charge in [-0.1, -0.05) is 68.9 Å². The fourth-order valence-electron chi connectivity index (χ4n) is 3.60. The van der Waals surface area contributed by atoms with Crippen LogP contribution in [0.15, 0.2) is 24.7 Å². The van der Waals surface area contributed by atoms with Crippen molar-refractivity contribution in [2.24, 2.45) is 0 Å². The van der Waals surface area contributed by atoms with Crippen LogP contribution in [0.2, 0.25) is 54.4 Å². The van der Waals surface area contributed by atoms with Gasteiger partial charge in [0.2, 0.25) is 0 Å². The van der Waals surface area contributed by atoms with Crippen LogP contribution in [0, 0.1) is 0 Å². The largest absolute Gasteiger partial charge is 0.414 e. The molecule has 0 aliphatic carbocycles. The van der Waals surface area contributed by atoms with Gasteiger partial charge in [-0.25, -0.2) is 0 Å². The van der Waals surface area contributed by atoms with Crippen molar-refractivity contribution in [3.63, 3.8) is 0 Å². The lowest BCUT2D eigenvalue weighted by Gasteiger charge is -2.45. The summed E-state index contributed by atoms with van der Waals surface area (Å²) in [5.74, 6) is 0.279. The van der Waals surface area contributed by atoms with Crippen LogP contribution in [-0.2, 0) is 22.8 Å². The summed E-state index contributed by atoms with van der Waals surface area (Å²) in [7, 11) is -6.49. The van der Waals surface area contributed by atoms with Gasteiger partial charge in [0.05, 0.1) is 6.61 Å². The van der Waals surface area contributed by atoms with Crippen LogP contribution in [0.25, 0.3) is 0 Å². The molecule has 4 atom stereocenters. The highest BCUT2D eigenvalue weighted by molar-refractivity contribution is 6.75. The molecule has 0 saturated carbocycles. The van der Waals surface area contributed by atoms with Crippen LogP contribution in [0.4, 0.5) is 0 Å². The maximum absolute atomic E-state index is 12.0. The fraction of sp³-hybridized carbons (Fsp3) is 0.821. The van der Waals surface area contributed by atoms with Gasteiger partial charge in [0, 0.05) is 12.3 Å². The third-order valence-corrected chi connectivity index (χ3v) is 22.9. The maximum atomic E-state index is 12.0. The number of amides is 1. The zero-order valence-corrected chi connectivity index (χ0v) is 29.9. The monoisotopic (exact) mass is 584 g/mol. The molecule has 7 nitrogen and oxygen atoms in total. The summed E-state index contributed by atoms with van der Waals surface area (Å²) in [6.45, 7) is 38.4. The minimum absolute atomic E-state index is 0.00222. The number of hydrogen-bond acceptors (Lipinski definition) is 6. The van der Waals surface area contributed by atoms with Gasteiger partial charge < -0.3 is 28.2 Å². The van der Waals surface area contributed by atoms with Crippen molar-refractivity contribution >= 4 is 30.9 Å². The quantitative estimate of drug-likeness (QED) is 0.312. The first-order valence-corrected chi connectivity index (χ1v) is 22.6. The van der Waals surface area contributed by atoms with Crippen molar-refractivity contribution in [1.29, 1.82) is 0 Å². The first kappa shape index (κ1) is 33.4. The summed E-state index contributed by atoms with van der Waals surface area (Å²) in [5.41, 5.74) is 0. The van der Waals surface area contributed by atoms with Crippen molar-refractivity contribution in [2.75, 3.05) is 6.61 Å². The molecule has 1 amide bonds. The van der Waals surface area contributed by atoms with E-state index in [-0.39, 0.29) is 39.3 Å². The van der Waals surface area contributed by atoms with E-state index < -0.39 is 31.2 Å². The SMILES string of the molecule is C=C1NC(=O)C=CN1[C@@H]1O[C@H](CO[Si](C)(C)C(C)(C)C)C(O[Si](C)(C)C(C)(C)C)[C@@H]1O[Si](C)(C)C(C)(C)C. The summed E-state index contributed by atoms with van der Waals surface area (Å²) in [6.07, 6.45) is 1.72. The van der Waals surface area contributed by atoms with Crippen molar-refractivity contribution < 1.29 is 22.8 Å². The Balaban J connectivity index is 2.59. The predicted octanol–water partition coefficient (Wildman–Crippen LogP) is 6.93. The van der Waals surface area contributed by atoms with E-state index >= 15 is 0 Å². The molecule has 1 saturated heterocycles. The molecule has 10 heteroatoms. The average Bonchev–Trinajstić information content (AvgIpc) is 3.00. The molecular formula is C28H56N2O5Si3. The van der Waals surface area contributed by atoms with Crippen molar-refractivity contribution in [3.8, 4) is 0 Å². The second-order valence-electron chi connectivity index (χ2n) is 15.5. The summed E-state index contributed by atoms with van der Waals surface area (Å²) >= 11 is 0. The molecule has 1 N–H and O–H groups in total. The van der Waals surface area contributed by atoms with Gasteiger partial charge in [0.15, 0.2) is 31.2 Å². The zero-order valence-electron chi connectivity index (χ0n) is 26.9. The lowest BCUT2D eigenvalue weighted by Crippen LogP contribution is -2.56. The van der Waals surface area contributed by atoms with Crippen LogP contribution in [0.5, 0.6) is 0 Å². The highest BCUT2D eigenvalue weighted by atomic mass is 28.4. The summed E-state index contributed by atoms with van der Waals surface area (Å²) < 4.78 is 27.8. The molecule has 0 bridgehead atoms. The molecule has 2 rings (SSSR count). The van der Waals surface area contributed by atoms with E-state index in [0.717, 1.165) is 0 Å². The molecule has 38 heavy (non-hydrogen) atoms. The number of nitrogens with zero attached hydrogens (tertiary/aromatic N) is 1. The number of nitrogens with one attached hydrogen (secondary N) is 1. The lowest BCUT2D eigenvalue weighted by atomic mass is 10.1. The standard InChI is InChI=1S/C28H56N2O5Si3/c1-20-29-22(31)17-18-30(20)25-24(35-38(15,16)28(8,9)10)23(34-37(13,14)27(5,6)7)21(33-25)19-32-36(11,12)26(2,3)4/h17-18,21,23-25H,1,19H2,2-16H3,(H,29,31)/t21-,23?,24+,25-/m1/s1.